The molecule has 1 aliphatic rings. The first kappa shape index (κ1) is 18.8. The van der Waals surface area contributed by atoms with Crippen molar-refractivity contribution < 1.29 is 9.59 Å². The van der Waals surface area contributed by atoms with Crippen LogP contribution in [0.1, 0.15) is 44.1 Å². The van der Waals surface area contributed by atoms with Gasteiger partial charge in [-0.2, -0.15) is 11.8 Å². The molecule has 0 saturated heterocycles. The summed E-state index contributed by atoms with van der Waals surface area (Å²) in [4.78, 5) is 26.0. The van der Waals surface area contributed by atoms with E-state index in [1.54, 1.807) is 0 Å². The molecular formula is C19H28N2O2S. The van der Waals surface area contributed by atoms with Crippen molar-refractivity contribution in [3.63, 3.8) is 0 Å². The van der Waals surface area contributed by atoms with Gasteiger partial charge in [-0.1, -0.05) is 37.0 Å². The molecule has 1 saturated carbocycles. The monoisotopic (exact) mass is 348 g/mol. The van der Waals surface area contributed by atoms with Crippen LogP contribution >= 0.6 is 11.8 Å². The molecule has 0 atom stereocenters. The lowest BCUT2D eigenvalue weighted by Gasteiger charge is -2.31. The number of aryl methyl sites for hydroxylation is 1. The van der Waals surface area contributed by atoms with Gasteiger partial charge in [0.15, 0.2) is 0 Å². The van der Waals surface area contributed by atoms with E-state index in [0.29, 0.717) is 24.0 Å². The first-order valence-electron chi connectivity index (χ1n) is 8.76. The molecule has 24 heavy (non-hydrogen) atoms. The third kappa shape index (κ3) is 6.19. The molecule has 0 unspecified atom stereocenters. The number of hydrogen-bond acceptors (Lipinski definition) is 3. The number of anilines is 1. The fraction of sp³-hybridized carbons (Fsp3) is 0.579. The summed E-state index contributed by atoms with van der Waals surface area (Å²) in [5.41, 5.74) is 1.99. The molecule has 0 heterocycles. The van der Waals surface area contributed by atoms with Crippen molar-refractivity contribution in [2.24, 2.45) is 0 Å². The van der Waals surface area contributed by atoms with Crippen LogP contribution in [0.3, 0.4) is 0 Å². The summed E-state index contributed by atoms with van der Waals surface area (Å²) in [5, 5.41) is 2.88. The zero-order valence-electron chi connectivity index (χ0n) is 14.7. The maximum atomic E-state index is 12.2. The van der Waals surface area contributed by atoms with E-state index in [2.05, 4.69) is 5.32 Å². The Hall–Kier alpha value is -1.49. The Bertz CT molecular complexity index is 539. The quantitative estimate of drug-likeness (QED) is 0.762. The molecule has 1 N–H and O–H groups in total. The summed E-state index contributed by atoms with van der Waals surface area (Å²) in [5.74, 6) is 1.26. The van der Waals surface area contributed by atoms with Gasteiger partial charge in [-0.3, -0.25) is 9.59 Å². The summed E-state index contributed by atoms with van der Waals surface area (Å²) in [6, 6.07) is 8.17. The van der Waals surface area contributed by atoms with Gasteiger partial charge < -0.3 is 10.2 Å². The van der Waals surface area contributed by atoms with E-state index in [-0.39, 0.29) is 11.8 Å². The largest absolute Gasteiger partial charge is 0.343 e. The Morgan fingerprint density at radius 2 is 1.83 bits per heavy atom. The molecule has 1 aliphatic carbocycles. The van der Waals surface area contributed by atoms with Crippen molar-refractivity contribution in [2.45, 2.75) is 51.5 Å². The molecule has 0 radical (unpaired) electrons. The van der Waals surface area contributed by atoms with Crippen molar-refractivity contribution >= 4 is 29.3 Å². The van der Waals surface area contributed by atoms with E-state index < -0.39 is 0 Å². The standard InChI is InChI=1S/C19H28N2O2S/c1-15-8-10-16(11-9-15)20-18(22)14-24-13-12-19(23)21(2)17-6-4-3-5-7-17/h8-11,17H,3-7,12-14H2,1-2H3,(H,20,22). The van der Waals surface area contributed by atoms with Gasteiger partial charge in [0.05, 0.1) is 5.75 Å². The number of nitrogens with zero attached hydrogens (tertiary/aromatic N) is 1. The minimum Gasteiger partial charge on any atom is -0.343 e. The lowest BCUT2D eigenvalue weighted by Crippen LogP contribution is -2.38. The minimum absolute atomic E-state index is 0.0167. The molecule has 1 fully saturated rings. The number of carbonyl (C=O) groups excluding carboxylic acids is 2. The van der Waals surface area contributed by atoms with Crippen molar-refractivity contribution in [3.05, 3.63) is 29.8 Å². The highest BCUT2D eigenvalue weighted by Gasteiger charge is 2.21. The summed E-state index contributed by atoms with van der Waals surface area (Å²) >= 11 is 1.52. The van der Waals surface area contributed by atoms with Gasteiger partial charge in [0.25, 0.3) is 0 Å². The lowest BCUT2D eigenvalue weighted by atomic mass is 9.94. The van der Waals surface area contributed by atoms with Crippen molar-refractivity contribution in [2.75, 3.05) is 23.9 Å². The van der Waals surface area contributed by atoms with Crippen LogP contribution < -0.4 is 5.32 Å². The second-order valence-corrected chi connectivity index (χ2v) is 7.62. The van der Waals surface area contributed by atoms with E-state index in [1.807, 2.05) is 43.1 Å². The van der Waals surface area contributed by atoms with E-state index >= 15 is 0 Å². The van der Waals surface area contributed by atoms with Gasteiger partial charge in [0, 0.05) is 31.0 Å². The highest BCUT2D eigenvalue weighted by atomic mass is 32.2. The van der Waals surface area contributed by atoms with Gasteiger partial charge in [0.2, 0.25) is 11.8 Å². The Morgan fingerprint density at radius 3 is 2.50 bits per heavy atom. The molecule has 2 amide bonds. The summed E-state index contributed by atoms with van der Waals surface area (Å²) in [7, 11) is 1.92. The fourth-order valence-electron chi connectivity index (χ4n) is 3.01. The summed E-state index contributed by atoms with van der Waals surface area (Å²) in [6.45, 7) is 2.02. The maximum Gasteiger partial charge on any atom is 0.234 e. The van der Waals surface area contributed by atoms with Crippen LogP contribution in [0.2, 0.25) is 0 Å². The molecule has 0 aliphatic heterocycles. The highest BCUT2D eigenvalue weighted by molar-refractivity contribution is 7.99. The van der Waals surface area contributed by atoms with Crippen LogP contribution in [0.5, 0.6) is 0 Å². The molecule has 0 bridgehead atoms. The van der Waals surface area contributed by atoms with E-state index in [0.717, 1.165) is 18.5 Å². The summed E-state index contributed by atoms with van der Waals surface area (Å²) in [6.07, 6.45) is 6.54. The summed E-state index contributed by atoms with van der Waals surface area (Å²) < 4.78 is 0. The number of amides is 2. The molecule has 1 aromatic carbocycles. The normalized spacial score (nSPS) is 15.1. The van der Waals surface area contributed by atoms with Crippen LogP contribution in [0.4, 0.5) is 5.69 Å². The van der Waals surface area contributed by atoms with E-state index in [4.69, 9.17) is 0 Å². The van der Waals surface area contributed by atoms with Crippen LogP contribution in [-0.2, 0) is 9.59 Å². The van der Waals surface area contributed by atoms with Gasteiger partial charge in [0.1, 0.15) is 0 Å². The second kappa shape index (κ2) is 9.72. The Morgan fingerprint density at radius 1 is 1.17 bits per heavy atom. The van der Waals surface area contributed by atoms with Crippen LogP contribution in [-0.4, -0.2) is 41.3 Å². The fourth-order valence-corrected chi connectivity index (χ4v) is 3.73. The van der Waals surface area contributed by atoms with Gasteiger partial charge in [-0.15, -0.1) is 0 Å². The average Bonchev–Trinajstić information content (AvgIpc) is 2.60. The molecule has 2 rings (SSSR count). The highest BCUT2D eigenvalue weighted by Crippen LogP contribution is 2.22. The number of carbonyl (C=O) groups is 2. The predicted molar refractivity (Wildman–Crippen MR) is 101 cm³/mol. The van der Waals surface area contributed by atoms with Gasteiger partial charge in [-0.25, -0.2) is 0 Å². The van der Waals surface area contributed by atoms with Crippen molar-refractivity contribution in [3.8, 4) is 0 Å². The molecule has 4 nitrogen and oxygen atoms in total. The number of nitrogens with one attached hydrogen (secondary N) is 1. The molecule has 0 spiro atoms. The Kier molecular flexibility index (Phi) is 7.63. The third-order valence-electron chi connectivity index (χ3n) is 4.54. The topological polar surface area (TPSA) is 49.4 Å². The van der Waals surface area contributed by atoms with Crippen molar-refractivity contribution in [1.82, 2.24) is 4.90 Å². The van der Waals surface area contributed by atoms with Gasteiger partial charge in [-0.05, 0) is 31.9 Å². The van der Waals surface area contributed by atoms with Gasteiger partial charge >= 0.3 is 0 Å². The maximum absolute atomic E-state index is 12.2. The van der Waals surface area contributed by atoms with Crippen LogP contribution in [0.25, 0.3) is 0 Å². The lowest BCUT2D eigenvalue weighted by molar-refractivity contribution is -0.132. The smallest absolute Gasteiger partial charge is 0.234 e. The number of benzene rings is 1. The molecule has 0 aromatic heterocycles. The van der Waals surface area contributed by atoms with Crippen molar-refractivity contribution in [1.29, 1.82) is 0 Å². The zero-order chi connectivity index (χ0) is 17.4. The second-order valence-electron chi connectivity index (χ2n) is 6.51. The van der Waals surface area contributed by atoms with Crippen LogP contribution in [0, 0.1) is 6.92 Å². The van der Waals surface area contributed by atoms with E-state index in [9.17, 15) is 9.59 Å². The first-order valence-corrected chi connectivity index (χ1v) is 9.91. The van der Waals surface area contributed by atoms with E-state index in [1.165, 1.54) is 36.6 Å². The third-order valence-corrected chi connectivity index (χ3v) is 5.50. The van der Waals surface area contributed by atoms with Crippen LogP contribution in [0.15, 0.2) is 24.3 Å². The minimum atomic E-state index is -0.0167. The number of thioether (sulfide) groups is 1. The predicted octanol–water partition coefficient (Wildman–Crippen LogP) is 3.85. The number of rotatable bonds is 7. The number of hydrogen-bond donors (Lipinski definition) is 1. The molecule has 1 aromatic rings. The molecule has 132 valence electrons. The Labute approximate surface area is 149 Å². The average molecular weight is 349 g/mol. The molecular weight excluding hydrogens is 320 g/mol. The Balaban J connectivity index is 1.62. The first-order chi connectivity index (χ1) is 11.6. The molecule has 5 heteroatoms. The SMILES string of the molecule is Cc1ccc(NC(=O)CSCCC(=O)N(C)C2CCCCC2)cc1. The zero-order valence-corrected chi connectivity index (χ0v) is 15.5.